The molecule has 1 aromatic rings. The molecular weight excluding hydrogens is 299 g/mol. The summed E-state index contributed by atoms with van der Waals surface area (Å²) in [6.07, 6.45) is 3.99. The van der Waals surface area contributed by atoms with Crippen molar-refractivity contribution >= 4 is 36.5 Å². The predicted octanol–water partition coefficient (Wildman–Crippen LogP) is 3.09. The number of unbranched alkanes of at least 4 members (excludes halogenated alkanes) is 2. The van der Waals surface area contributed by atoms with Crippen LogP contribution in [0.4, 0.5) is 5.69 Å². The number of benzene rings is 1. The number of carbonyl (C=O) groups is 1. The van der Waals surface area contributed by atoms with Crippen molar-refractivity contribution in [3.8, 4) is 0 Å². The van der Waals surface area contributed by atoms with Crippen LogP contribution in [0.2, 0.25) is 0 Å². The standard InChI is InChI=1S/C14H22N2O2.2ClH/c1-2-3-4-9-16-12-7-5-11(6-8-12)10-13(15)14(17)18;;/h5-8,13,16H,2-4,9-10,15H2,1H3,(H,17,18);2*1H/t13-;;/m0../s1. The van der Waals surface area contributed by atoms with E-state index in [0.717, 1.165) is 17.8 Å². The normalized spacial score (nSPS) is 10.9. The van der Waals surface area contributed by atoms with Crippen molar-refractivity contribution in [2.24, 2.45) is 5.73 Å². The van der Waals surface area contributed by atoms with Gasteiger partial charge in [0.15, 0.2) is 0 Å². The summed E-state index contributed by atoms with van der Waals surface area (Å²) < 4.78 is 0. The lowest BCUT2D eigenvalue weighted by atomic mass is 10.1. The Morgan fingerprint density at radius 1 is 1.25 bits per heavy atom. The molecule has 20 heavy (non-hydrogen) atoms. The van der Waals surface area contributed by atoms with Crippen molar-refractivity contribution < 1.29 is 9.90 Å². The highest BCUT2D eigenvalue weighted by Crippen LogP contribution is 2.11. The van der Waals surface area contributed by atoms with E-state index in [1.165, 1.54) is 19.3 Å². The molecule has 0 aliphatic carbocycles. The highest BCUT2D eigenvalue weighted by molar-refractivity contribution is 5.85. The molecule has 0 aliphatic rings. The molecule has 1 rings (SSSR count). The van der Waals surface area contributed by atoms with Crippen LogP contribution in [0.15, 0.2) is 24.3 Å². The van der Waals surface area contributed by atoms with E-state index in [-0.39, 0.29) is 24.8 Å². The summed E-state index contributed by atoms with van der Waals surface area (Å²) in [7, 11) is 0. The Bertz CT molecular complexity index is 372. The van der Waals surface area contributed by atoms with Crippen LogP contribution in [-0.2, 0) is 11.2 Å². The second-order valence-electron chi connectivity index (χ2n) is 4.48. The summed E-state index contributed by atoms with van der Waals surface area (Å²) in [5.41, 5.74) is 7.50. The van der Waals surface area contributed by atoms with Gasteiger partial charge in [-0.25, -0.2) is 0 Å². The molecule has 4 nitrogen and oxygen atoms in total. The summed E-state index contributed by atoms with van der Waals surface area (Å²) in [6.45, 7) is 3.16. The maximum absolute atomic E-state index is 10.6. The highest BCUT2D eigenvalue weighted by Gasteiger charge is 2.11. The summed E-state index contributed by atoms with van der Waals surface area (Å²) in [5.74, 6) is -0.961. The van der Waals surface area contributed by atoms with Crippen LogP contribution in [0.25, 0.3) is 0 Å². The highest BCUT2D eigenvalue weighted by atomic mass is 35.5. The van der Waals surface area contributed by atoms with Gasteiger partial charge in [0.1, 0.15) is 6.04 Å². The van der Waals surface area contributed by atoms with Gasteiger partial charge in [0.05, 0.1) is 0 Å². The molecule has 1 atom stereocenters. The van der Waals surface area contributed by atoms with Crippen LogP contribution < -0.4 is 11.1 Å². The average molecular weight is 323 g/mol. The zero-order valence-electron chi connectivity index (χ0n) is 11.7. The van der Waals surface area contributed by atoms with Crippen molar-refractivity contribution in [3.63, 3.8) is 0 Å². The number of hydrogen-bond acceptors (Lipinski definition) is 3. The summed E-state index contributed by atoms with van der Waals surface area (Å²) in [6, 6.07) is 6.95. The molecule has 0 amide bonds. The van der Waals surface area contributed by atoms with E-state index in [0.29, 0.717) is 6.42 Å². The molecule has 4 N–H and O–H groups in total. The first-order valence-corrected chi connectivity index (χ1v) is 6.44. The molecule has 1 aromatic carbocycles. The lowest BCUT2D eigenvalue weighted by Gasteiger charge is -2.09. The van der Waals surface area contributed by atoms with Crippen molar-refractivity contribution in [2.45, 2.75) is 38.6 Å². The van der Waals surface area contributed by atoms with Gasteiger partial charge >= 0.3 is 5.97 Å². The Hall–Kier alpha value is -0.970. The largest absolute Gasteiger partial charge is 0.480 e. The number of anilines is 1. The Morgan fingerprint density at radius 2 is 1.85 bits per heavy atom. The third kappa shape index (κ3) is 8.25. The fourth-order valence-electron chi connectivity index (χ4n) is 1.71. The van der Waals surface area contributed by atoms with Crippen LogP contribution >= 0.6 is 24.8 Å². The maximum Gasteiger partial charge on any atom is 0.320 e. The van der Waals surface area contributed by atoms with Crippen molar-refractivity contribution in [1.29, 1.82) is 0 Å². The van der Waals surface area contributed by atoms with E-state index in [2.05, 4.69) is 12.2 Å². The Kier molecular flexibility index (Phi) is 12.6. The van der Waals surface area contributed by atoms with Gasteiger partial charge in [-0.2, -0.15) is 0 Å². The molecular formula is C14H24Cl2N2O2. The lowest BCUT2D eigenvalue weighted by Crippen LogP contribution is -2.32. The molecule has 0 unspecified atom stereocenters. The molecule has 0 radical (unpaired) electrons. The summed E-state index contributed by atoms with van der Waals surface area (Å²) >= 11 is 0. The predicted molar refractivity (Wildman–Crippen MR) is 88.3 cm³/mol. The third-order valence-electron chi connectivity index (χ3n) is 2.84. The van der Waals surface area contributed by atoms with Gasteiger partial charge < -0.3 is 16.2 Å². The van der Waals surface area contributed by atoms with E-state index in [9.17, 15) is 4.79 Å². The van der Waals surface area contributed by atoms with Gasteiger partial charge in [-0.05, 0) is 30.5 Å². The van der Waals surface area contributed by atoms with E-state index in [4.69, 9.17) is 10.8 Å². The van der Waals surface area contributed by atoms with Gasteiger partial charge in [-0.1, -0.05) is 31.9 Å². The van der Waals surface area contributed by atoms with Crippen molar-refractivity contribution in [3.05, 3.63) is 29.8 Å². The molecule has 0 aliphatic heterocycles. The summed E-state index contributed by atoms with van der Waals surface area (Å²) in [4.78, 5) is 10.6. The molecule has 0 saturated carbocycles. The quantitative estimate of drug-likeness (QED) is 0.643. The van der Waals surface area contributed by atoms with E-state index in [1.54, 1.807) is 0 Å². The number of nitrogens with one attached hydrogen (secondary N) is 1. The van der Waals surface area contributed by atoms with Gasteiger partial charge in [0.2, 0.25) is 0 Å². The molecule has 116 valence electrons. The second kappa shape index (κ2) is 11.8. The minimum atomic E-state index is -0.961. The number of hydrogen-bond donors (Lipinski definition) is 3. The number of nitrogens with two attached hydrogens (primary N) is 1. The molecule has 0 aromatic heterocycles. The first-order valence-electron chi connectivity index (χ1n) is 6.44. The van der Waals surface area contributed by atoms with Gasteiger partial charge in [-0.15, -0.1) is 24.8 Å². The van der Waals surface area contributed by atoms with Crippen LogP contribution in [0.3, 0.4) is 0 Å². The molecule has 0 fully saturated rings. The van der Waals surface area contributed by atoms with Crippen LogP contribution in [-0.4, -0.2) is 23.7 Å². The first-order chi connectivity index (χ1) is 8.63. The Morgan fingerprint density at radius 3 is 2.35 bits per heavy atom. The number of rotatable bonds is 8. The summed E-state index contributed by atoms with van der Waals surface area (Å²) in [5, 5.41) is 12.1. The number of aliphatic carboxylic acids is 1. The SMILES string of the molecule is CCCCCNc1ccc(C[C@H](N)C(=O)O)cc1.Cl.Cl. The maximum atomic E-state index is 10.6. The van der Waals surface area contributed by atoms with E-state index >= 15 is 0 Å². The van der Waals surface area contributed by atoms with E-state index in [1.807, 2.05) is 24.3 Å². The van der Waals surface area contributed by atoms with Gasteiger partial charge in [-0.3, -0.25) is 4.79 Å². The minimum absolute atomic E-state index is 0. The van der Waals surface area contributed by atoms with Crippen molar-refractivity contribution in [2.75, 3.05) is 11.9 Å². The van der Waals surface area contributed by atoms with Gasteiger partial charge in [0, 0.05) is 12.2 Å². The van der Waals surface area contributed by atoms with Crippen LogP contribution in [0.1, 0.15) is 31.7 Å². The number of halogens is 2. The average Bonchev–Trinajstić information content (AvgIpc) is 2.36. The molecule has 6 heteroatoms. The molecule has 0 saturated heterocycles. The fraction of sp³-hybridized carbons (Fsp3) is 0.500. The number of carboxylic acids is 1. The molecule has 0 spiro atoms. The number of carboxylic acid groups (broad SMARTS) is 1. The van der Waals surface area contributed by atoms with Gasteiger partial charge in [0.25, 0.3) is 0 Å². The second-order valence-corrected chi connectivity index (χ2v) is 4.48. The zero-order chi connectivity index (χ0) is 13.4. The Balaban J connectivity index is 0. The van der Waals surface area contributed by atoms with E-state index < -0.39 is 12.0 Å². The van der Waals surface area contributed by atoms with Crippen LogP contribution in [0, 0.1) is 0 Å². The topological polar surface area (TPSA) is 75.3 Å². The molecule has 0 bridgehead atoms. The monoisotopic (exact) mass is 322 g/mol. The zero-order valence-corrected chi connectivity index (χ0v) is 13.3. The lowest BCUT2D eigenvalue weighted by molar-refractivity contribution is -0.138. The fourth-order valence-corrected chi connectivity index (χ4v) is 1.71. The van der Waals surface area contributed by atoms with Crippen LogP contribution in [0.5, 0.6) is 0 Å². The smallest absolute Gasteiger partial charge is 0.320 e. The first kappa shape index (κ1) is 21.3. The Labute approximate surface area is 133 Å². The molecule has 0 heterocycles. The third-order valence-corrected chi connectivity index (χ3v) is 2.84. The minimum Gasteiger partial charge on any atom is -0.480 e. The van der Waals surface area contributed by atoms with Crippen molar-refractivity contribution in [1.82, 2.24) is 0 Å².